The highest BCUT2D eigenvalue weighted by Crippen LogP contribution is 2.44. The van der Waals surface area contributed by atoms with Crippen LogP contribution in [0.25, 0.3) is 0 Å². The normalized spacial score (nSPS) is 14.4. The van der Waals surface area contributed by atoms with E-state index < -0.39 is 13.7 Å². The molecule has 25 heavy (non-hydrogen) atoms. The second kappa shape index (κ2) is 7.25. The smallest absolute Gasteiger partial charge is 0.321 e. The quantitative estimate of drug-likeness (QED) is 0.632. The van der Waals surface area contributed by atoms with E-state index in [9.17, 15) is 14.3 Å². The molecule has 134 valence electrons. The third kappa shape index (κ3) is 4.66. The van der Waals surface area contributed by atoms with E-state index in [-0.39, 0.29) is 22.1 Å². The number of rotatable bonds is 5. The van der Waals surface area contributed by atoms with Crippen LogP contribution in [0.2, 0.25) is 0 Å². The van der Waals surface area contributed by atoms with Gasteiger partial charge in [-0.3, -0.25) is 9.36 Å². The summed E-state index contributed by atoms with van der Waals surface area (Å²) < 4.78 is 18.0. The number of benzene rings is 2. The fourth-order valence-corrected chi connectivity index (χ4v) is 3.94. The van der Waals surface area contributed by atoms with Crippen molar-refractivity contribution in [2.45, 2.75) is 46.1 Å². The first-order chi connectivity index (χ1) is 11.5. The summed E-state index contributed by atoms with van der Waals surface area (Å²) in [5, 5.41) is 0.0445. The molecule has 0 aliphatic heterocycles. The van der Waals surface area contributed by atoms with Crippen molar-refractivity contribution >= 4 is 18.7 Å². The number of hydrogen-bond acceptors (Lipinski definition) is 3. The minimum Gasteiger partial charge on any atom is -0.321 e. The van der Waals surface area contributed by atoms with Crippen LogP contribution in [0.15, 0.2) is 48.5 Å². The minimum absolute atomic E-state index is 0.0445. The molecule has 1 atom stereocenters. The van der Waals surface area contributed by atoms with E-state index in [1.54, 1.807) is 56.3 Å². The average molecular weight is 360 g/mol. The summed E-state index contributed by atoms with van der Waals surface area (Å²) in [5.41, 5.74) is 1.41. The molecule has 0 spiro atoms. The maximum Gasteiger partial charge on any atom is 0.359 e. The monoisotopic (exact) mass is 360 g/mol. The molecule has 0 heterocycles. The van der Waals surface area contributed by atoms with Gasteiger partial charge in [0.2, 0.25) is 0 Å². The predicted octanol–water partition coefficient (Wildman–Crippen LogP) is 4.45. The van der Waals surface area contributed by atoms with Crippen molar-refractivity contribution < 1.29 is 18.8 Å². The summed E-state index contributed by atoms with van der Waals surface area (Å²) in [7, 11) is -4.11. The molecule has 0 aliphatic rings. The summed E-state index contributed by atoms with van der Waals surface area (Å²) in [5.74, 6) is -0.289. The Balaban J connectivity index is 2.64. The highest BCUT2D eigenvalue weighted by molar-refractivity contribution is 7.61. The summed E-state index contributed by atoms with van der Waals surface area (Å²) in [4.78, 5) is 23.4. The highest BCUT2D eigenvalue weighted by Gasteiger charge is 2.31. The van der Waals surface area contributed by atoms with Gasteiger partial charge in [0.15, 0.2) is 5.78 Å². The van der Waals surface area contributed by atoms with Gasteiger partial charge < -0.3 is 9.42 Å². The Morgan fingerprint density at radius 3 is 2.20 bits per heavy atom. The van der Waals surface area contributed by atoms with Crippen molar-refractivity contribution in [1.29, 1.82) is 0 Å². The van der Waals surface area contributed by atoms with E-state index in [2.05, 4.69) is 0 Å². The molecule has 1 N–H and O–H groups in total. The fraction of sp³-hybridized carbons (Fsp3) is 0.350. The van der Waals surface area contributed by atoms with Crippen molar-refractivity contribution in [3.05, 3.63) is 65.2 Å². The summed E-state index contributed by atoms with van der Waals surface area (Å²) >= 11 is 0. The molecule has 0 bridgehead atoms. The molecule has 0 radical (unpaired) electrons. The van der Waals surface area contributed by atoms with Crippen LogP contribution in [0.1, 0.15) is 56.1 Å². The van der Waals surface area contributed by atoms with Crippen molar-refractivity contribution in [2.75, 3.05) is 0 Å². The largest absolute Gasteiger partial charge is 0.359 e. The van der Waals surface area contributed by atoms with E-state index in [0.717, 1.165) is 5.56 Å². The third-order valence-corrected chi connectivity index (χ3v) is 5.51. The first-order valence-electron chi connectivity index (χ1n) is 8.28. The third-order valence-electron chi connectivity index (χ3n) is 3.80. The molecule has 0 aromatic heterocycles. The Morgan fingerprint density at radius 2 is 1.68 bits per heavy atom. The zero-order chi connectivity index (χ0) is 18.8. The summed E-state index contributed by atoms with van der Waals surface area (Å²) in [6, 6.07) is 13.8. The van der Waals surface area contributed by atoms with E-state index in [1.165, 1.54) is 0 Å². The molecule has 0 fully saturated rings. The summed E-state index contributed by atoms with van der Waals surface area (Å²) in [6.07, 6.45) is -0.433. The molecule has 2 rings (SSSR count). The van der Waals surface area contributed by atoms with Crippen molar-refractivity contribution in [2.24, 2.45) is 0 Å². The maximum absolute atomic E-state index is 13.0. The topological polar surface area (TPSA) is 63.6 Å². The van der Waals surface area contributed by atoms with Crippen molar-refractivity contribution in [3.8, 4) is 0 Å². The van der Waals surface area contributed by atoms with Gasteiger partial charge in [0.05, 0.1) is 11.4 Å². The second-order valence-electron chi connectivity index (χ2n) is 7.35. The van der Waals surface area contributed by atoms with Crippen LogP contribution in [0.3, 0.4) is 0 Å². The molecular formula is C20H25O4P. The zero-order valence-corrected chi connectivity index (χ0v) is 16.2. The first kappa shape index (κ1) is 19.6. The molecule has 0 saturated carbocycles. The molecular weight excluding hydrogens is 335 g/mol. The second-order valence-corrected chi connectivity index (χ2v) is 9.09. The van der Waals surface area contributed by atoms with Crippen molar-refractivity contribution in [3.63, 3.8) is 0 Å². The minimum atomic E-state index is -4.11. The first-order valence-corrected chi connectivity index (χ1v) is 9.86. The SMILES string of the molecule is CC(C)OP(=O)(O)c1ccc(C(C)(C)C)cc1C(=O)c1ccccc1. The predicted molar refractivity (Wildman–Crippen MR) is 101 cm³/mol. The van der Waals surface area contributed by atoms with Crippen LogP contribution < -0.4 is 5.30 Å². The molecule has 0 amide bonds. The number of carbonyl (C=O) groups is 1. The average Bonchev–Trinajstić information content (AvgIpc) is 2.52. The van der Waals surface area contributed by atoms with Gasteiger partial charge in [0, 0.05) is 11.1 Å². The zero-order valence-electron chi connectivity index (χ0n) is 15.3. The Bertz CT molecular complexity index is 804. The van der Waals surface area contributed by atoms with E-state index in [4.69, 9.17) is 4.52 Å². The number of hydrogen-bond donors (Lipinski definition) is 1. The molecule has 0 saturated heterocycles. The Labute approximate surface area is 149 Å². The molecule has 2 aromatic carbocycles. The Morgan fingerprint density at radius 1 is 1.08 bits per heavy atom. The van der Waals surface area contributed by atoms with E-state index in [1.807, 2.05) is 26.8 Å². The fourth-order valence-electron chi connectivity index (χ4n) is 2.52. The Kier molecular flexibility index (Phi) is 5.68. The van der Waals surface area contributed by atoms with Gasteiger partial charge in [-0.25, -0.2) is 0 Å². The highest BCUT2D eigenvalue weighted by atomic mass is 31.2. The lowest BCUT2D eigenvalue weighted by Gasteiger charge is -2.23. The van der Waals surface area contributed by atoms with Crippen LogP contribution in [0.5, 0.6) is 0 Å². The van der Waals surface area contributed by atoms with Gasteiger partial charge in [-0.15, -0.1) is 0 Å². The lowest BCUT2D eigenvalue weighted by Crippen LogP contribution is -2.22. The van der Waals surface area contributed by atoms with E-state index in [0.29, 0.717) is 5.56 Å². The maximum atomic E-state index is 13.0. The lowest BCUT2D eigenvalue weighted by atomic mass is 9.85. The van der Waals surface area contributed by atoms with Crippen LogP contribution >= 0.6 is 7.60 Å². The molecule has 1 unspecified atom stereocenters. The van der Waals surface area contributed by atoms with Crippen LogP contribution in [0, 0.1) is 0 Å². The van der Waals surface area contributed by atoms with Gasteiger partial charge in [-0.05, 0) is 37.0 Å². The van der Waals surface area contributed by atoms with Crippen LogP contribution in [-0.2, 0) is 14.5 Å². The standard InChI is InChI=1S/C20H25O4P/c1-14(2)24-25(22,23)18-12-11-16(20(3,4)5)13-17(18)19(21)15-9-7-6-8-10-15/h6-14H,1-5H3,(H,22,23). The number of ketones is 1. The van der Waals surface area contributed by atoms with E-state index >= 15 is 0 Å². The van der Waals surface area contributed by atoms with Crippen molar-refractivity contribution in [1.82, 2.24) is 0 Å². The molecule has 4 nitrogen and oxygen atoms in total. The van der Waals surface area contributed by atoms with Crippen LogP contribution in [-0.4, -0.2) is 16.8 Å². The van der Waals surface area contributed by atoms with Gasteiger partial charge in [0.25, 0.3) is 0 Å². The molecule has 2 aromatic rings. The van der Waals surface area contributed by atoms with Gasteiger partial charge in [-0.2, -0.15) is 0 Å². The van der Waals surface area contributed by atoms with Gasteiger partial charge in [-0.1, -0.05) is 57.2 Å². The Hall–Kier alpha value is -1.74. The molecule has 0 aliphatic carbocycles. The summed E-state index contributed by atoms with van der Waals surface area (Å²) in [6.45, 7) is 9.46. The van der Waals surface area contributed by atoms with Gasteiger partial charge in [0.1, 0.15) is 0 Å². The van der Waals surface area contributed by atoms with Crippen LogP contribution in [0.4, 0.5) is 0 Å². The lowest BCUT2D eigenvalue weighted by molar-refractivity contribution is 0.103. The molecule has 5 heteroatoms. The van der Waals surface area contributed by atoms with Gasteiger partial charge >= 0.3 is 7.60 Å². The number of carbonyl (C=O) groups excluding carboxylic acids is 1.